The lowest BCUT2D eigenvalue weighted by atomic mass is 10.0. The molecule has 3 aromatic rings. The fourth-order valence-electron chi connectivity index (χ4n) is 4.51. The van der Waals surface area contributed by atoms with Gasteiger partial charge in [-0.15, -0.1) is 11.3 Å². The summed E-state index contributed by atoms with van der Waals surface area (Å²) in [5, 5.41) is 16.5. The van der Waals surface area contributed by atoms with Gasteiger partial charge in [-0.1, -0.05) is 6.92 Å². The highest BCUT2D eigenvalue weighted by Gasteiger charge is 2.24. The van der Waals surface area contributed by atoms with Crippen molar-refractivity contribution in [3.8, 4) is 0 Å². The maximum absolute atomic E-state index is 13.1. The number of aromatic nitrogens is 2. The van der Waals surface area contributed by atoms with Gasteiger partial charge in [-0.3, -0.25) is 14.9 Å². The van der Waals surface area contributed by atoms with Crippen LogP contribution in [0.2, 0.25) is 0 Å². The molecule has 0 radical (unpaired) electrons. The Kier molecular flexibility index (Phi) is 8.02. The van der Waals surface area contributed by atoms with Crippen LogP contribution in [-0.4, -0.2) is 70.5 Å². The highest BCUT2D eigenvalue weighted by molar-refractivity contribution is 7.16. The molecule has 1 saturated heterocycles. The molecule has 1 aliphatic heterocycles. The quantitative estimate of drug-likeness (QED) is 0.295. The summed E-state index contributed by atoms with van der Waals surface area (Å²) in [6.45, 7) is 4.27. The van der Waals surface area contributed by atoms with E-state index in [1.54, 1.807) is 18.2 Å². The van der Waals surface area contributed by atoms with Gasteiger partial charge in [0, 0.05) is 27.4 Å². The standard InChI is InChI=1S/C25H32N6O4S/c1-3-19-21(23(33)27-15-8-11-31(2)12-9-15)29-25(36-19)30-22(32)14-6-7-18-17(13-14)16(5-4-10-26)20(28-18)24(34)35/h6-7,13,15,28H,3-5,8-12,26H2,1-2H3,(H,27,33)(H,34,35)(H,29,30,32). The van der Waals surface area contributed by atoms with E-state index in [4.69, 9.17) is 5.73 Å². The van der Waals surface area contributed by atoms with E-state index in [2.05, 4.69) is 32.5 Å². The third-order valence-corrected chi connectivity index (χ3v) is 7.64. The minimum atomic E-state index is -1.05. The highest BCUT2D eigenvalue weighted by Crippen LogP contribution is 2.27. The Morgan fingerprint density at radius 2 is 2.00 bits per heavy atom. The van der Waals surface area contributed by atoms with Crippen LogP contribution in [0.15, 0.2) is 18.2 Å². The summed E-state index contributed by atoms with van der Waals surface area (Å²) in [6, 6.07) is 5.13. The molecule has 192 valence electrons. The van der Waals surface area contributed by atoms with Gasteiger partial charge in [-0.25, -0.2) is 9.78 Å². The number of carbonyl (C=O) groups is 3. The number of nitrogens with two attached hydrogens (primary N) is 1. The van der Waals surface area contributed by atoms with Crippen molar-refractivity contribution in [2.75, 3.05) is 32.0 Å². The van der Waals surface area contributed by atoms with Crippen LogP contribution in [0.1, 0.15) is 68.0 Å². The molecule has 1 aliphatic rings. The molecular formula is C25H32N6O4S. The first-order valence-corrected chi connectivity index (χ1v) is 13.0. The van der Waals surface area contributed by atoms with Crippen LogP contribution in [0.5, 0.6) is 0 Å². The molecule has 0 aliphatic carbocycles. The number of benzene rings is 1. The molecule has 4 rings (SSSR count). The van der Waals surface area contributed by atoms with Crippen molar-refractivity contribution in [3.63, 3.8) is 0 Å². The number of carboxylic acid groups (broad SMARTS) is 1. The first kappa shape index (κ1) is 25.8. The van der Waals surface area contributed by atoms with Crippen molar-refractivity contribution < 1.29 is 19.5 Å². The lowest BCUT2D eigenvalue weighted by molar-refractivity contribution is 0.0689. The second-order valence-electron chi connectivity index (χ2n) is 9.09. The zero-order valence-corrected chi connectivity index (χ0v) is 21.3. The summed E-state index contributed by atoms with van der Waals surface area (Å²) >= 11 is 1.29. The number of aryl methyl sites for hydroxylation is 2. The van der Waals surface area contributed by atoms with Gasteiger partial charge in [0.1, 0.15) is 11.4 Å². The number of rotatable bonds is 9. The normalized spacial score (nSPS) is 14.8. The van der Waals surface area contributed by atoms with Crippen LogP contribution in [0.3, 0.4) is 0 Å². The average Bonchev–Trinajstić information content (AvgIpc) is 3.44. The molecule has 0 spiro atoms. The monoisotopic (exact) mass is 512 g/mol. The largest absolute Gasteiger partial charge is 0.477 e. The van der Waals surface area contributed by atoms with Crippen molar-refractivity contribution in [2.45, 2.75) is 45.1 Å². The lowest BCUT2D eigenvalue weighted by Gasteiger charge is -2.29. The summed E-state index contributed by atoms with van der Waals surface area (Å²) in [7, 11) is 2.07. The van der Waals surface area contributed by atoms with E-state index in [0.29, 0.717) is 58.7 Å². The number of anilines is 1. The minimum Gasteiger partial charge on any atom is -0.477 e. The average molecular weight is 513 g/mol. The summed E-state index contributed by atoms with van der Waals surface area (Å²) in [6.07, 6.45) is 3.55. The van der Waals surface area contributed by atoms with Crippen LogP contribution < -0.4 is 16.4 Å². The summed E-state index contributed by atoms with van der Waals surface area (Å²) in [4.78, 5) is 48.1. The number of aromatic amines is 1. The Morgan fingerprint density at radius 3 is 2.67 bits per heavy atom. The van der Waals surface area contributed by atoms with E-state index in [1.807, 2.05) is 6.92 Å². The fourth-order valence-corrected chi connectivity index (χ4v) is 5.40. The van der Waals surface area contributed by atoms with Crippen LogP contribution in [0.25, 0.3) is 10.9 Å². The smallest absolute Gasteiger partial charge is 0.352 e. The van der Waals surface area contributed by atoms with Crippen molar-refractivity contribution >= 4 is 45.2 Å². The third-order valence-electron chi connectivity index (χ3n) is 6.52. The summed E-state index contributed by atoms with van der Waals surface area (Å²) < 4.78 is 0. The van der Waals surface area contributed by atoms with Gasteiger partial charge in [0.05, 0.1) is 0 Å². The molecule has 6 N–H and O–H groups in total. The number of fused-ring (bicyclic) bond motifs is 1. The predicted octanol–water partition coefficient (Wildman–Crippen LogP) is 2.85. The van der Waals surface area contributed by atoms with Gasteiger partial charge in [0.15, 0.2) is 5.13 Å². The van der Waals surface area contributed by atoms with Gasteiger partial charge in [0.25, 0.3) is 11.8 Å². The van der Waals surface area contributed by atoms with Crippen molar-refractivity contribution in [2.24, 2.45) is 5.73 Å². The topological polar surface area (TPSA) is 153 Å². The number of carboxylic acids is 1. The number of carbonyl (C=O) groups excluding carboxylic acids is 2. The molecule has 1 fully saturated rings. The van der Waals surface area contributed by atoms with Crippen molar-refractivity contribution in [3.05, 3.63) is 45.6 Å². The van der Waals surface area contributed by atoms with Gasteiger partial charge in [-0.05, 0) is 82.5 Å². The van der Waals surface area contributed by atoms with E-state index >= 15 is 0 Å². The van der Waals surface area contributed by atoms with Crippen molar-refractivity contribution in [1.29, 1.82) is 0 Å². The number of amides is 2. The molecule has 0 atom stereocenters. The number of piperidine rings is 1. The van der Waals surface area contributed by atoms with E-state index < -0.39 is 5.97 Å². The Hall–Kier alpha value is -3.28. The van der Waals surface area contributed by atoms with E-state index in [0.717, 1.165) is 30.8 Å². The number of hydrogen-bond acceptors (Lipinski definition) is 7. The van der Waals surface area contributed by atoms with Crippen molar-refractivity contribution in [1.82, 2.24) is 20.2 Å². The zero-order valence-electron chi connectivity index (χ0n) is 20.5. The molecule has 1 aromatic carbocycles. The summed E-state index contributed by atoms with van der Waals surface area (Å²) in [5.74, 6) is -1.64. The lowest BCUT2D eigenvalue weighted by Crippen LogP contribution is -2.43. The predicted molar refractivity (Wildman–Crippen MR) is 140 cm³/mol. The maximum atomic E-state index is 13.1. The molecule has 2 aromatic heterocycles. The van der Waals surface area contributed by atoms with Crippen LogP contribution >= 0.6 is 11.3 Å². The van der Waals surface area contributed by atoms with Gasteiger partial charge in [-0.2, -0.15) is 0 Å². The second-order valence-corrected chi connectivity index (χ2v) is 10.2. The molecule has 36 heavy (non-hydrogen) atoms. The second kappa shape index (κ2) is 11.2. The Balaban J connectivity index is 1.52. The van der Waals surface area contributed by atoms with Crippen LogP contribution in [-0.2, 0) is 12.8 Å². The molecular weight excluding hydrogens is 480 g/mol. The van der Waals surface area contributed by atoms with E-state index in [1.165, 1.54) is 11.3 Å². The summed E-state index contributed by atoms with van der Waals surface area (Å²) in [5.41, 5.74) is 7.75. The number of nitrogens with zero attached hydrogens (tertiary/aromatic N) is 2. The molecule has 0 saturated carbocycles. The van der Waals surface area contributed by atoms with Gasteiger partial charge >= 0.3 is 5.97 Å². The SMILES string of the molecule is CCc1sc(NC(=O)c2ccc3[nH]c(C(=O)O)c(CCCN)c3c2)nc1C(=O)NC1CCN(C)CC1. The highest BCUT2D eigenvalue weighted by atomic mass is 32.1. The Labute approximate surface area is 213 Å². The molecule has 11 heteroatoms. The molecule has 3 heterocycles. The number of nitrogens with one attached hydrogen (secondary N) is 3. The number of thiazole rings is 1. The molecule has 0 bridgehead atoms. The van der Waals surface area contributed by atoms with Crippen LogP contribution in [0.4, 0.5) is 5.13 Å². The van der Waals surface area contributed by atoms with Gasteiger partial charge < -0.3 is 26.0 Å². The fraction of sp³-hybridized carbons (Fsp3) is 0.440. The van der Waals surface area contributed by atoms with Crippen LogP contribution in [0, 0.1) is 0 Å². The first-order chi connectivity index (χ1) is 17.3. The zero-order chi connectivity index (χ0) is 25.8. The Morgan fingerprint density at radius 1 is 1.25 bits per heavy atom. The van der Waals surface area contributed by atoms with E-state index in [9.17, 15) is 19.5 Å². The Bertz CT molecular complexity index is 1280. The molecule has 0 unspecified atom stereocenters. The number of likely N-dealkylation sites (tertiary alicyclic amines) is 1. The molecule has 10 nitrogen and oxygen atoms in total. The van der Waals surface area contributed by atoms with Gasteiger partial charge in [0.2, 0.25) is 0 Å². The number of H-pyrrole nitrogens is 1. The number of hydrogen-bond donors (Lipinski definition) is 5. The molecule has 2 amide bonds. The van der Waals surface area contributed by atoms with E-state index in [-0.39, 0.29) is 23.6 Å². The number of aromatic carboxylic acids is 1. The first-order valence-electron chi connectivity index (χ1n) is 12.2. The third kappa shape index (κ3) is 5.58. The minimum absolute atomic E-state index is 0.115. The maximum Gasteiger partial charge on any atom is 0.352 e.